The van der Waals surface area contributed by atoms with Crippen LogP contribution in [0.5, 0.6) is 0 Å². The van der Waals surface area contributed by atoms with Crippen molar-refractivity contribution in [3.05, 3.63) is 40.7 Å². The summed E-state index contributed by atoms with van der Waals surface area (Å²) in [4.78, 5) is 13.4. The average Bonchev–Trinajstić information content (AvgIpc) is 2.96. The molecular formula is C14H14ClN3O3S2. The molecule has 0 spiro atoms. The standard InChI is InChI=1S/C14H14ClN3O3S2/c15-12-6-7-13(22-12)23(20,21)17-10-2-4-11(5-3-10)18-9-1-8-16-14(18)19/h2-7,17H,1,8-9H2,(H,16,19). The third kappa shape index (κ3) is 3.60. The lowest BCUT2D eigenvalue weighted by Crippen LogP contribution is -2.46. The molecule has 2 amide bonds. The summed E-state index contributed by atoms with van der Waals surface area (Å²) in [5.74, 6) is 0. The second-order valence-corrected chi connectivity index (χ2v) is 8.57. The Labute approximate surface area is 143 Å². The molecule has 2 heterocycles. The highest BCUT2D eigenvalue weighted by atomic mass is 35.5. The van der Waals surface area contributed by atoms with Crippen LogP contribution in [0.2, 0.25) is 4.34 Å². The van der Waals surface area contributed by atoms with Gasteiger partial charge < -0.3 is 5.32 Å². The van der Waals surface area contributed by atoms with Gasteiger partial charge in [-0.15, -0.1) is 11.3 Å². The highest BCUT2D eigenvalue weighted by Gasteiger charge is 2.20. The molecule has 6 nitrogen and oxygen atoms in total. The van der Waals surface area contributed by atoms with E-state index < -0.39 is 10.0 Å². The predicted octanol–water partition coefficient (Wildman–Crippen LogP) is 3.12. The zero-order valence-electron chi connectivity index (χ0n) is 12.0. The van der Waals surface area contributed by atoms with Gasteiger partial charge in [0.1, 0.15) is 4.21 Å². The Kier molecular flexibility index (Phi) is 4.47. The smallest absolute Gasteiger partial charge is 0.321 e. The Morgan fingerprint density at radius 2 is 1.91 bits per heavy atom. The van der Waals surface area contributed by atoms with Gasteiger partial charge in [-0.1, -0.05) is 11.6 Å². The number of hydrogen-bond acceptors (Lipinski definition) is 4. The Hall–Kier alpha value is -1.77. The molecule has 23 heavy (non-hydrogen) atoms. The fourth-order valence-corrected chi connectivity index (χ4v) is 4.77. The first kappa shape index (κ1) is 16.1. The predicted molar refractivity (Wildman–Crippen MR) is 91.9 cm³/mol. The minimum atomic E-state index is -3.65. The van der Waals surface area contributed by atoms with Crippen molar-refractivity contribution >= 4 is 50.4 Å². The van der Waals surface area contributed by atoms with E-state index in [1.807, 2.05) is 0 Å². The maximum Gasteiger partial charge on any atom is 0.321 e. The molecule has 3 rings (SSSR count). The van der Waals surface area contributed by atoms with Gasteiger partial charge in [0.05, 0.1) is 4.34 Å². The monoisotopic (exact) mass is 371 g/mol. The molecule has 1 aliphatic heterocycles. The normalized spacial score (nSPS) is 15.3. The molecule has 0 unspecified atom stereocenters. The Bertz CT molecular complexity index is 818. The van der Waals surface area contributed by atoms with Gasteiger partial charge in [0.15, 0.2) is 0 Å². The van der Waals surface area contributed by atoms with E-state index in [2.05, 4.69) is 10.0 Å². The number of urea groups is 1. The summed E-state index contributed by atoms with van der Waals surface area (Å²) < 4.78 is 27.5. The molecule has 1 fully saturated rings. The summed E-state index contributed by atoms with van der Waals surface area (Å²) in [6.45, 7) is 1.32. The van der Waals surface area contributed by atoms with E-state index in [4.69, 9.17) is 11.6 Å². The van der Waals surface area contributed by atoms with Crippen molar-refractivity contribution in [3.8, 4) is 0 Å². The van der Waals surface area contributed by atoms with Gasteiger partial charge in [-0.05, 0) is 42.8 Å². The molecule has 0 saturated carbocycles. The summed E-state index contributed by atoms with van der Waals surface area (Å²) in [5, 5.41) is 2.77. The van der Waals surface area contributed by atoms with Crippen LogP contribution in [0, 0.1) is 0 Å². The third-order valence-electron chi connectivity index (χ3n) is 3.32. The first-order valence-electron chi connectivity index (χ1n) is 6.89. The van der Waals surface area contributed by atoms with Crippen LogP contribution < -0.4 is 14.9 Å². The van der Waals surface area contributed by atoms with E-state index in [-0.39, 0.29) is 10.2 Å². The molecule has 2 N–H and O–H groups in total. The number of benzene rings is 1. The van der Waals surface area contributed by atoms with Crippen molar-refractivity contribution in [1.29, 1.82) is 0 Å². The molecule has 0 aliphatic carbocycles. The number of carbonyl (C=O) groups excluding carboxylic acids is 1. The van der Waals surface area contributed by atoms with Crippen molar-refractivity contribution in [2.45, 2.75) is 10.6 Å². The number of halogens is 1. The molecule has 0 bridgehead atoms. The van der Waals surface area contributed by atoms with Crippen LogP contribution in [0.15, 0.2) is 40.6 Å². The first-order chi connectivity index (χ1) is 11.0. The Morgan fingerprint density at radius 1 is 1.17 bits per heavy atom. The van der Waals surface area contributed by atoms with Gasteiger partial charge in [-0.25, -0.2) is 13.2 Å². The van der Waals surface area contributed by atoms with Gasteiger partial charge in [0.2, 0.25) is 0 Å². The summed E-state index contributed by atoms with van der Waals surface area (Å²) in [6.07, 6.45) is 0.874. The third-order valence-corrected chi connectivity index (χ3v) is 6.43. The topological polar surface area (TPSA) is 78.5 Å². The number of anilines is 2. The van der Waals surface area contributed by atoms with Crippen molar-refractivity contribution in [1.82, 2.24) is 5.32 Å². The van der Waals surface area contributed by atoms with E-state index >= 15 is 0 Å². The minimum absolute atomic E-state index is 0.141. The number of carbonyl (C=O) groups is 1. The van der Waals surface area contributed by atoms with Crippen LogP contribution in [0.25, 0.3) is 0 Å². The Balaban J connectivity index is 1.76. The maximum atomic E-state index is 12.2. The molecule has 1 aromatic heterocycles. The molecular weight excluding hydrogens is 358 g/mol. The lowest BCUT2D eigenvalue weighted by molar-refractivity contribution is 0.243. The number of rotatable bonds is 4. The van der Waals surface area contributed by atoms with Crippen LogP contribution >= 0.6 is 22.9 Å². The van der Waals surface area contributed by atoms with Crippen LogP contribution in [-0.4, -0.2) is 27.5 Å². The van der Waals surface area contributed by atoms with Crippen molar-refractivity contribution < 1.29 is 13.2 Å². The Morgan fingerprint density at radius 3 is 2.52 bits per heavy atom. The molecule has 1 aliphatic rings. The van der Waals surface area contributed by atoms with Gasteiger partial charge in [-0.2, -0.15) is 0 Å². The fraction of sp³-hybridized carbons (Fsp3) is 0.214. The zero-order valence-corrected chi connectivity index (χ0v) is 14.3. The second kappa shape index (κ2) is 6.38. The van der Waals surface area contributed by atoms with Crippen molar-refractivity contribution in [2.75, 3.05) is 22.7 Å². The molecule has 1 saturated heterocycles. The summed E-state index contributed by atoms with van der Waals surface area (Å²) in [6, 6.07) is 9.54. The van der Waals surface area contributed by atoms with E-state index in [0.29, 0.717) is 23.1 Å². The van der Waals surface area contributed by atoms with Gasteiger partial charge >= 0.3 is 6.03 Å². The summed E-state index contributed by atoms with van der Waals surface area (Å²) in [7, 11) is -3.65. The van der Waals surface area contributed by atoms with Crippen LogP contribution in [-0.2, 0) is 10.0 Å². The molecule has 9 heteroatoms. The van der Waals surface area contributed by atoms with Crippen LogP contribution in [0.4, 0.5) is 16.2 Å². The fourth-order valence-electron chi connectivity index (χ4n) is 2.23. The van der Waals surface area contributed by atoms with Crippen molar-refractivity contribution in [2.24, 2.45) is 0 Å². The summed E-state index contributed by atoms with van der Waals surface area (Å²) >= 11 is 6.77. The minimum Gasteiger partial charge on any atom is -0.338 e. The number of nitrogens with zero attached hydrogens (tertiary/aromatic N) is 1. The molecule has 0 radical (unpaired) electrons. The van der Waals surface area contributed by atoms with Crippen LogP contribution in [0.1, 0.15) is 6.42 Å². The number of nitrogens with one attached hydrogen (secondary N) is 2. The van der Waals surface area contributed by atoms with Gasteiger partial charge in [-0.3, -0.25) is 9.62 Å². The highest BCUT2D eigenvalue weighted by molar-refractivity contribution is 7.94. The lowest BCUT2D eigenvalue weighted by atomic mass is 10.2. The number of sulfonamides is 1. The molecule has 1 aromatic carbocycles. The number of thiophene rings is 1. The quantitative estimate of drug-likeness (QED) is 0.866. The van der Waals surface area contributed by atoms with E-state index in [1.54, 1.807) is 35.2 Å². The van der Waals surface area contributed by atoms with Gasteiger partial charge in [0, 0.05) is 24.5 Å². The van der Waals surface area contributed by atoms with E-state index in [1.165, 1.54) is 6.07 Å². The number of hydrogen-bond donors (Lipinski definition) is 2. The average molecular weight is 372 g/mol. The SMILES string of the molecule is O=C1NCCCN1c1ccc(NS(=O)(=O)c2ccc(Cl)s2)cc1. The second-order valence-electron chi connectivity index (χ2n) is 4.95. The van der Waals surface area contributed by atoms with E-state index in [0.717, 1.165) is 23.4 Å². The van der Waals surface area contributed by atoms with Gasteiger partial charge in [0.25, 0.3) is 10.0 Å². The van der Waals surface area contributed by atoms with Crippen LogP contribution in [0.3, 0.4) is 0 Å². The van der Waals surface area contributed by atoms with E-state index in [9.17, 15) is 13.2 Å². The number of amides is 2. The molecule has 2 aromatic rings. The first-order valence-corrected chi connectivity index (χ1v) is 9.57. The highest BCUT2D eigenvalue weighted by Crippen LogP contribution is 2.28. The summed E-state index contributed by atoms with van der Waals surface area (Å²) in [5.41, 5.74) is 1.15. The zero-order chi connectivity index (χ0) is 16.4. The maximum absolute atomic E-state index is 12.2. The molecule has 122 valence electrons. The molecule has 0 atom stereocenters. The lowest BCUT2D eigenvalue weighted by Gasteiger charge is -2.27. The van der Waals surface area contributed by atoms with Crippen molar-refractivity contribution in [3.63, 3.8) is 0 Å². The largest absolute Gasteiger partial charge is 0.338 e.